The minimum Gasteiger partial charge on any atom is -0.334 e. The summed E-state index contributed by atoms with van der Waals surface area (Å²) in [6, 6.07) is 5.35. The number of rotatable bonds is 4. The molecule has 2 atom stereocenters. The summed E-state index contributed by atoms with van der Waals surface area (Å²) in [5.41, 5.74) is 0.620. The number of nitrogens with one attached hydrogen (secondary N) is 3. The fourth-order valence-corrected chi connectivity index (χ4v) is 4.12. The maximum atomic E-state index is 12.0. The van der Waals surface area contributed by atoms with Gasteiger partial charge in [-0.2, -0.15) is 0 Å². The standard InChI is InChI=1S/C14H18BrN3O4S/c1-9(13(19)17-11-4-2-10(15)3-5-11)16-14(20)18-12-6-7-23(21,22)8-12/h2-5,9,12H,6-8H2,1H3,(H,17,19)(H2,16,18,20)/t9-,12+/m0/s1. The summed E-state index contributed by atoms with van der Waals surface area (Å²) in [5, 5.41) is 7.76. The lowest BCUT2D eigenvalue weighted by molar-refractivity contribution is -0.117. The minimum atomic E-state index is -3.06. The summed E-state index contributed by atoms with van der Waals surface area (Å²) in [6.07, 6.45) is 0.398. The van der Waals surface area contributed by atoms with Gasteiger partial charge < -0.3 is 16.0 Å². The van der Waals surface area contributed by atoms with Crippen molar-refractivity contribution in [1.29, 1.82) is 0 Å². The molecule has 0 bridgehead atoms. The third kappa shape index (κ3) is 5.51. The number of hydrogen-bond acceptors (Lipinski definition) is 4. The molecule has 3 amide bonds. The summed E-state index contributed by atoms with van der Waals surface area (Å²) >= 11 is 3.30. The van der Waals surface area contributed by atoms with E-state index in [9.17, 15) is 18.0 Å². The zero-order valence-corrected chi connectivity index (χ0v) is 14.9. The molecular formula is C14H18BrN3O4S. The molecule has 9 heteroatoms. The molecule has 0 unspecified atom stereocenters. The predicted molar refractivity (Wildman–Crippen MR) is 91.0 cm³/mol. The molecule has 0 spiro atoms. The summed E-state index contributed by atoms with van der Waals surface area (Å²) in [6.45, 7) is 1.55. The van der Waals surface area contributed by atoms with Gasteiger partial charge in [0.15, 0.2) is 9.84 Å². The summed E-state index contributed by atoms with van der Waals surface area (Å²) < 4.78 is 23.6. The van der Waals surface area contributed by atoms with E-state index in [0.29, 0.717) is 12.1 Å². The molecule has 7 nitrogen and oxygen atoms in total. The van der Waals surface area contributed by atoms with Crippen molar-refractivity contribution >= 4 is 43.4 Å². The molecule has 1 aliphatic rings. The number of benzene rings is 1. The Labute approximate surface area is 143 Å². The monoisotopic (exact) mass is 403 g/mol. The Morgan fingerprint density at radius 3 is 2.48 bits per heavy atom. The molecule has 1 fully saturated rings. The van der Waals surface area contributed by atoms with Gasteiger partial charge in [0.05, 0.1) is 11.5 Å². The highest BCUT2D eigenvalue weighted by molar-refractivity contribution is 9.10. The van der Waals surface area contributed by atoms with Gasteiger partial charge in [0.2, 0.25) is 5.91 Å². The summed E-state index contributed by atoms with van der Waals surface area (Å²) in [7, 11) is -3.06. The Morgan fingerprint density at radius 2 is 1.91 bits per heavy atom. The van der Waals surface area contributed by atoms with Gasteiger partial charge in [0.25, 0.3) is 0 Å². The first-order valence-electron chi connectivity index (χ1n) is 7.09. The topological polar surface area (TPSA) is 104 Å². The van der Waals surface area contributed by atoms with Crippen LogP contribution >= 0.6 is 15.9 Å². The molecular weight excluding hydrogens is 386 g/mol. The molecule has 3 N–H and O–H groups in total. The van der Waals surface area contributed by atoms with Crippen LogP contribution in [0.3, 0.4) is 0 Å². The van der Waals surface area contributed by atoms with Crippen molar-refractivity contribution in [3.8, 4) is 0 Å². The number of amides is 3. The maximum Gasteiger partial charge on any atom is 0.315 e. The Morgan fingerprint density at radius 1 is 1.26 bits per heavy atom. The van der Waals surface area contributed by atoms with Crippen LogP contribution in [0.15, 0.2) is 28.7 Å². The van der Waals surface area contributed by atoms with E-state index in [1.54, 1.807) is 31.2 Å². The van der Waals surface area contributed by atoms with Crippen LogP contribution in [0.25, 0.3) is 0 Å². The number of halogens is 1. The molecule has 1 saturated heterocycles. The molecule has 0 saturated carbocycles. The highest BCUT2D eigenvalue weighted by atomic mass is 79.9. The second-order valence-electron chi connectivity index (χ2n) is 5.44. The van der Waals surface area contributed by atoms with E-state index in [1.165, 1.54) is 0 Å². The first-order valence-corrected chi connectivity index (χ1v) is 9.70. The van der Waals surface area contributed by atoms with Crippen molar-refractivity contribution < 1.29 is 18.0 Å². The second-order valence-corrected chi connectivity index (χ2v) is 8.58. The Kier molecular flexibility index (Phi) is 5.64. The fraction of sp³-hybridized carbons (Fsp3) is 0.429. The van der Waals surface area contributed by atoms with Crippen LogP contribution in [0.4, 0.5) is 10.5 Å². The summed E-state index contributed by atoms with van der Waals surface area (Å²) in [5.74, 6) is -0.334. The molecule has 1 aromatic carbocycles. The minimum absolute atomic E-state index is 0.0557. The second kappa shape index (κ2) is 7.31. The molecule has 23 heavy (non-hydrogen) atoms. The third-order valence-corrected chi connectivity index (χ3v) is 5.72. The van der Waals surface area contributed by atoms with Crippen LogP contribution in [-0.4, -0.2) is 43.9 Å². The SMILES string of the molecule is C[C@H](NC(=O)N[C@@H]1CCS(=O)(=O)C1)C(=O)Nc1ccc(Br)cc1. The first kappa shape index (κ1) is 17.7. The van der Waals surface area contributed by atoms with Crippen LogP contribution in [0.5, 0.6) is 0 Å². The largest absolute Gasteiger partial charge is 0.334 e. The molecule has 0 radical (unpaired) electrons. The zero-order chi connectivity index (χ0) is 17.0. The van der Waals surface area contributed by atoms with E-state index in [2.05, 4.69) is 31.9 Å². The van der Waals surface area contributed by atoms with E-state index >= 15 is 0 Å². The lowest BCUT2D eigenvalue weighted by Gasteiger charge is -2.17. The zero-order valence-electron chi connectivity index (χ0n) is 12.5. The van der Waals surface area contributed by atoms with Crippen LogP contribution in [0.2, 0.25) is 0 Å². The molecule has 1 aliphatic heterocycles. The lowest BCUT2D eigenvalue weighted by atomic mass is 10.2. The van der Waals surface area contributed by atoms with Gasteiger partial charge in [-0.05, 0) is 37.6 Å². The van der Waals surface area contributed by atoms with E-state index in [0.717, 1.165) is 4.47 Å². The highest BCUT2D eigenvalue weighted by Crippen LogP contribution is 2.14. The Balaban J connectivity index is 1.81. The van der Waals surface area contributed by atoms with Gasteiger partial charge in [-0.25, -0.2) is 13.2 Å². The molecule has 1 aromatic rings. The van der Waals surface area contributed by atoms with Crippen molar-refractivity contribution in [1.82, 2.24) is 10.6 Å². The molecule has 126 valence electrons. The number of urea groups is 1. The predicted octanol–water partition coefficient (Wildman–Crippen LogP) is 1.26. The smallest absolute Gasteiger partial charge is 0.315 e. The van der Waals surface area contributed by atoms with Gasteiger partial charge in [-0.3, -0.25) is 4.79 Å². The molecule has 0 aromatic heterocycles. The van der Waals surface area contributed by atoms with Crippen molar-refractivity contribution in [2.75, 3.05) is 16.8 Å². The Hall–Kier alpha value is -1.61. The average molecular weight is 404 g/mol. The number of hydrogen-bond donors (Lipinski definition) is 3. The highest BCUT2D eigenvalue weighted by Gasteiger charge is 2.29. The van der Waals surface area contributed by atoms with Crippen molar-refractivity contribution in [3.63, 3.8) is 0 Å². The van der Waals surface area contributed by atoms with Gasteiger partial charge in [0, 0.05) is 16.2 Å². The van der Waals surface area contributed by atoms with E-state index < -0.39 is 28.0 Å². The van der Waals surface area contributed by atoms with Crippen molar-refractivity contribution in [2.45, 2.75) is 25.4 Å². The van der Waals surface area contributed by atoms with Gasteiger partial charge >= 0.3 is 6.03 Å². The van der Waals surface area contributed by atoms with Crippen molar-refractivity contribution in [2.24, 2.45) is 0 Å². The van der Waals surface area contributed by atoms with E-state index in [-0.39, 0.29) is 17.4 Å². The third-order valence-electron chi connectivity index (χ3n) is 3.42. The lowest BCUT2D eigenvalue weighted by Crippen LogP contribution is -2.49. The maximum absolute atomic E-state index is 12.0. The average Bonchev–Trinajstić information content (AvgIpc) is 2.80. The molecule has 0 aliphatic carbocycles. The van der Waals surface area contributed by atoms with E-state index in [1.807, 2.05) is 0 Å². The Bertz CT molecular complexity index is 690. The molecule has 2 rings (SSSR count). The van der Waals surface area contributed by atoms with Crippen LogP contribution in [0, 0.1) is 0 Å². The van der Waals surface area contributed by atoms with Crippen LogP contribution < -0.4 is 16.0 Å². The van der Waals surface area contributed by atoms with E-state index in [4.69, 9.17) is 0 Å². The molecule has 1 heterocycles. The van der Waals surface area contributed by atoms with Gasteiger partial charge in [-0.1, -0.05) is 15.9 Å². The van der Waals surface area contributed by atoms with Crippen LogP contribution in [0.1, 0.15) is 13.3 Å². The normalized spacial score (nSPS) is 20.5. The van der Waals surface area contributed by atoms with Gasteiger partial charge in [0.1, 0.15) is 6.04 Å². The number of anilines is 1. The fourth-order valence-electron chi connectivity index (χ4n) is 2.18. The number of carbonyl (C=O) groups excluding carboxylic acids is 2. The number of sulfone groups is 1. The quantitative estimate of drug-likeness (QED) is 0.703. The van der Waals surface area contributed by atoms with Gasteiger partial charge in [-0.15, -0.1) is 0 Å². The van der Waals surface area contributed by atoms with Crippen molar-refractivity contribution in [3.05, 3.63) is 28.7 Å². The first-order chi connectivity index (χ1) is 10.7. The summed E-state index contributed by atoms with van der Waals surface area (Å²) in [4.78, 5) is 23.8. The number of carbonyl (C=O) groups is 2. The van der Waals surface area contributed by atoms with Crippen LogP contribution in [-0.2, 0) is 14.6 Å².